The highest BCUT2D eigenvalue weighted by Crippen LogP contribution is 2.12. The van der Waals surface area contributed by atoms with Gasteiger partial charge in [0.2, 0.25) is 0 Å². The van der Waals surface area contributed by atoms with Crippen LogP contribution in [0.15, 0.2) is 24.3 Å². The molecule has 0 aliphatic carbocycles. The van der Waals surface area contributed by atoms with Crippen molar-refractivity contribution in [3.8, 4) is 0 Å². The monoisotopic (exact) mass is 256 g/mol. The minimum absolute atomic E-state index is 0.204. The number of aryl methyl sites for hydroxylation is 1. The molecule has 0 amide bonds. The van der Waals surface area contributed by atoms with E-state index in [4.69, 9.17) is 21.1 Å². The van der Waals surface area contributed by atoms with E-state index in [1.54, 1.807) is 0 Å². The lowest BCUT2D eigenvalue weighted by Crippen LogP contribution is -2.11. The molecule has 1 aromatic carbocycles. The second kappa shape index (κ2) is 8.09. The standard InChI is InChI=1S/C13H17ClO3/c1-2-16-8-9-17-13(15)7-6-11-4-3-5-12(14)10-11/h3-5,10H,2,6-9H2,1H3. The predicted octanol–water partition coefficient (Wildman–Crippen LogP) is 2.85. The third-order valence-electron chi connectivity index (χ3n) is 2.20. The average Bonchev–Trinajstić information content (AvgIpc) is 2.32. The van der Waals surface area contributed by atoms with Gasteiger partial charge in [-0.15, -0.1) is 0 Å². The van der Waals surface area contributed by atoms with E-state index in [-0.39, 0.29) is 5.97 Å². The Morgan fingerprint density at radius 2 is 2.18 bits per heavy atom. The molecule has 0 saturated carbocycles. The van der Waals surface area contributed by atoms with E-state index < -0.39 is 0 Å². The number of benzene rings is 1. The second-order valence-corrected chi connectivity index (χ2v) is 3.98. The SMILES string of the molecule is CCOCCOC(=O)CCc1cccc(Cl)c1. The first kappa shape index (κ1) is 14.0. The van der Waals surface area contributed by atoms with Crippen LogP contribution in [0.2, 0.25) is 5.02 Å². The molecule has 0 unspecified atom stereocenters. The molecule has 3 nitrogen and oxygen atoms in total. The maximum atomic E-state index is 11.4. The van der Waals surface area contributed by atoms with Gasteiger partial charge in [0.15, 0.2) is 0 Å². The molecule has 1 rings (SSSR count). The normalized spacial score (nSPS) is 10.2. The predicted molar refractivity (Wildman–Crippen MR) is 67.2 cm³/mol. The maximum absolute atomic E-state index is 11.4. The molecule has 0 fully saturated rings. The molecule has 1 aromatic rings. The molecule has 94 valence electrons. The number of rotatable bonds is 7. The van der Waals surface area contributed by atoms with Gasteiger partial charge in [-0.2, -0.15) is 0 Å². The maximum Gasteiger partial charge on any atom is 0.306 e. The minimum atomic E-state index is -0.204. The van der Waals surface area contributed by atoms with E-state index in [1.165, 1.54) is 0 Å². The second-order valence-electron chi connectivity index (χ2n) is 3.55. The largest absolute Gasteiger partial charge is 0.463 e. The third kappa shape index (κ3) is 6.29. The van der Waals surface area contributed by atoms with E-state index in [2.05, 4.69) is 0 Å². The smallest absolute Gasteiger partial charge is 0.306 e. The van der Waals surface area contributed by atoms with Gasteiger partial charge >= 0.3 is 5.97 Å². The number of halogens is 1. The summed E-state index contributed by atoms with van der Waals surface area (Å²) in [6, 6.07) is 7.48. The molecule has 0 radical (unpaired) electrons. The number of carbonyl (C=O) groups is 1. The van der Waals surface area contributed by atoms with Crippen LogP contribution in [-0.4, -0.2) is 25.8 Å². The fourth-order valence-electron chi connectivity index (χ4n) is 1.37. The summed E-state index contributed by atoms with van der Waals surface area (Å²) in [5.41, 5.74) is 1.04. The molecule has 0 aliphatic heterocycles. The molecule has 0 heterocycles. The van der Waals surface area contributed by atoms with Crippen LogP contribution in [0.25, 0.3) is 0 Å². The van der Waals surface area contributed by atoms with Crippen LogP contribution in [0, 0.1) is 0 Å². The van der Waals surface area contributed by atoms with Crippen LogP contribution in [0.4, 0.5) is 0 Å². The topological polar surface area (TPSA) is 35.5 Å². The average molecular weight is 257 g/mol. The van der Waals surface area contributed by atoms with Gasteiger partial charge in [0.25, 0.3) is 0 Å². The van der Waals surface area contributed by atoms with Crippen molar-refractivity contribution in [3.05, 3.63) is 34.9 Å². The summed E-state index contributed by atoms with van der Waals surface area (Å²) in [7, 11) is 0. The first-order chi connectivity index (χ1) is 8.22. The number of carbonyl (C=O) groups excluding carboxylic acids is 1. The van der Waals surface area contributed by atoms with Crippen molar-refractivity contribution < 1.29 is 14.3 Å². The third-order valence-corrected chi connectivity index (χ3v) is 2.44. The zero-order chi connectivity index (χ0) is 12.5. The zero-order valence-electron chi connectivity index (χ0n) is 9.95. The van der Waals surface area contributed by atoms with Crippen molar-refractivity contribution >= 4 is 17.6 Å². The van der Waals surface area contributed by atoms with Gasteiger partial charge in [0, 0.05) is 18.1 Å². The zero-order valence-corrected chi connectivity index (χ0v) is 10.7. The van der Waals surface area contributed by atoms with E-state index in [1.807, 2.05) is 31.2 Å². The van der Waals surface area contributed by atoms with E-state index in [0.29, 0.717) is 37.7 Å². The van der Waals surface area contributed by atoms with Crippen molar-refractivity contribution in [2.24, 2.45) is 0 Å². The Bertz CT molecular complexity index is 352. The van der Waals surface area contributed by atoms with E-state index in [9.17, 15) is 4.79 Å². The molecule has 0 saturated heterocycles. The molecule has 0 spiro atoms. The summed E-state index contributed by atoms with van der Waals surface area (Å²) in [5, 5.41) is 0.687. The molecule has 17 heavy (non-hydrogen) atoms. The number of hydrogen-bond donors (Lipinski definition) is 0. The van der Waals surface area contributed by atoms with Gasteiger partial charge in [0.1, 0.15) is 6.61 Å². The lowest BCUT2D eigenvalue weighted by atomic mass is 10.1. The van der Waals surface area contributed by atoms with Crippen molar-refractivity contribution in [2.45, 2.75) is 19.8 Å². The Morgan fingerprint density at radius 1 is 1.35 bits per heavy atom. The van der Waals surface area contributed by atoms with Crippen molar-refractivity contribution in [3.63, 3.8) is 0 Å². The van der Waals surface area contributed by atoms with Crippen molar-refractivity contribution in [1.82, 2.24) is 0 Å². The van der Waals surface area contributed by atoms with Gasteiger partial charge < -0.3 is 9.47 Å². The minimum Gasteiger partial charge on any atom is -0.463 e. The summed E-state index contributed by atoms with van der Waals surface area (Å²) in [4.78, 5) is 11.4. The highest BCUT2D eigenvalue weighted by Gasteiger charge is 2.03. The molecule has 0 aliphatic rings. The summed E-state index contributed by atoms with van der Waals surface area (Å²) in [5.74, 6) is -0.204. The van der Waals surface area contributed by atoms with Crippen LogP contribution in [0.1, 0.15) is 18.9 Å². The molecule has 0 aromatic heterocycles. The highest BCUT2D eigenvalue weighted by atomic mass is 35.5. The lowest BCUT2D eigenvalue weighted by Gasteiger charge is -2.05. The Kier molecular flexibility index (Phi) is 6.67. The Hall–Kier alpha value is -1.06. The molecule has 4 heteroatoms. The molecule has 0 atom stereocenters. The number of esters is 1. The van der Waals surface area contributed by atoms with Gasteiger partial charge in [-0.1, -0.05) is 23.7 Å². The van der Waals surface area contributed by atoms with E-state index in [0.717, 1.165) is 5.56 Å². The highest BCUT2D eigenvalue weighted by molar-refractivity contribution is 6.30. The first-order valence-corrected chi connectivity index (χ1v) is 6.08. The Labute approximate surface area is 107 Å². The summed E-state index contributed by atoms with van der Waals surface area (Å²) in [6.07, 6.45) is 1.01. The Balaban J connectivity index is 2.19. The summed E-state index contributed by atoms with van der Waals surface area (Å²) >= 11 is 5.85. The molecule has 0 bridgehead atoms. The van der Waals surface area contributed by atoms with E-state index >= 15 is 0 Å². The lowest BCUT2D eigenvalue weighted by molar-refractivity contribution is -0.145. The van der Waals surface area contributed by atoms with Crippen LogP contribution in [0.3, 0.4) is 0 Å². The summed E-state index contributed by atoms with van der Waals surface area (Å²) < 4.78 is 10.1. The van der Waals surface area contributed by atoms with Gasteiger partial charge in [0.05, 0.1) is 6.61 Å². The van der Waals surface area contributed by atoms with Crippen LogP contribution >= 0.6 is 11.6 Å². The van der Waals surface area contributed by atoms with Crippen molar-refractivity contribution in [2.75, 3.05) is 19.8 Å². The van der Waals surface area contributed by atoms with Crippen molar-refractivity contribution in [1.29, 1.82) is 0 Å². The van der Waals surface area contributed by atoms with Gasteiger partial charge in [-0.3, -0.25) is 4.79 Å². The van der Waals surface area contributed by atoms with Gasteiger partial charge in [-0.25, -0.2) is 0 Å². The van der Waals surface area contributed by atoms with Crippen LogP contribution in [0.5, 0.6) is 0 Å². The molecule has 0 N–H and O–H groups in total. The number of hydrogen-bond acceptors (Lipinski definition) is 3. The fourth-order valence-corrected chi connectivity index (χ4v) is 1.58. The molecular weight excluding hydrogens is 240 g/mol. The first-order valence-electron chi connectivity index (χ1n) is 5.70. The fraction of sp³-hybridized carbons (Fsp3) is 0.462. The van der Waals surface area contributed by atoms with Crippen LogP contribution < -0.4 is 0 Å². The number of ether oxygens (including phenoxy) is 2. The van der Waals surface area contributed by atoms with Crippen LogP contribution in [-0.2, 0) is 20.7 Å². The molecular formula is C13H17ClO3. The Morgan fingerprint density at radius 3 is 2.88 bits per heavy atom. The van der Waals surface area contributed by atoms with Gasteiger partial charge in [-0.05, 0) is 31.0 Å². The quantitative estimate of drug-likeness (QED) is 0.556. The summed E-state index contributed by atoms with van der Waals surface area (Å²) in [6.45, 7) is 3.32.